The second-order valence-corrected chi connectivity index (χ2v) is 4.04. The first kappa shape index (κ1) is 12.9. The molecule has 0 heterocycles. The molecule has 3 heteroatoms. The Labute approximate surface area is 112 Å². The second-order valence-electron chi connectivity index (χ2n) is 4.04. The molecule has 94 valence electrons. The van der Waals surface area contributed by atoms with Crippen molar-refractivity contribution in [3.05, 3.63) is 77.9 Å². The highest BCUT2D eigenvalue weighted by Crippen LogP contribution is 2.09. The van der Waals surface area contributed by atoms with Crippen LogP contribution in [0.5, 0.6) is 0 Å². The van der Waals surface area contributed by atoms with Crippen LogP contribution < -0.4 is 5.48 Å². The van der Waals surface area contributed by atoms with E-state index < -0.39 is 0 Å². The van der Waals surface area contributed by atoms with E-state index in [1.807, 2.05) is 42.5 Å². The van der Waals surface area contributed by atoms with E-state index in [1.54, 1.807) is 12.1 Å². The number of nitriles is 1. The highest BCUT2D eigenvalue weighted by molar-refractivity contribution is 5.60. The molecule has 0 aliphatic rings. The normalized spacial score (nSPS) is 9.63. The molecule has 0 fully saturated rings. The van der Waals surface area contributed by atoms with Crippen LogP contribution in [-0.4, -0.2) is 0 Å². The van der Waals surface area contributed by atoms with Crippen LogP contribution in [0.1, 0.15) is 16.7 Å². The first-order valence-corrected chi connectivity index (χ1v) is 5.91. The first-order chi connectivity index (χ1) is 9.29. The molecule has 3 nitrogen and oxygen atoms in total. The summed E-state index contributed by atoms with van der Waals surface area (Å²) in [6, 6.07) is 19.1. The second kappa shape index (κ2) is 6.39. The van der Waals surface area contributed by atoms with Gasteiger partial charge < -0.3 is 0 Å². The molecule has 0 amide bonds. The molecule has 0 aromatic heterocycles. The number of nitrogens with zero attached hydrogens (tertiary/aromatic N) is 1. The van der Waals surface area contributed by atoms with E-state index in [2.05, 4.69) is 18.1 Å². The third-order valence-corrected chi connectivity index (χ3v) is 2.64. The van der Waals surface area contributed by atoms with E-state index >= 15 is 0 Å². The Morgan fingerprint density at radius 3 is 2.42 bits per heavy atom. The summed E-state index contributed by atoms with van der Waals surface area (Å²) in [5.41, 5.74) is 6.16. The van der Waals surface area contributed by atoms with Gasteiger partial charge in [0.25, 0.3) is 0 Å². The smallest absolute Gasteiger partial charge is 0.0996 e. The Bertz CT molecular complexity index is 582. The van der Waals surface area contributed by atoms with Gasteiger partial charge in [0.2, 0.25) is 0 Å². The average Bonchev–Trinajstić information content (AvgIpc) is 2.49. The summed E-state index contributed by atoms with van der Waals surface area (Å²) in [5.74, 6) is 0. The summed E-state index contributed by atoms with van der Waals surface area (Å²) < 4.78 is 0. The summed E-state index contributed by atoms with van der Waals surface area (Å²) in [7, 11) is 0. The Balaban J connectivity index is 1.83. The van der Waals surface area contributed by atoms with E-state index in [-0.39, 0.29) is 0 Å². The zero-order valence-corrected chi connectivity index (χ0v) is 10.5. The van der Waals surface area contributed by atoms with Crippen molar-refractivity contribution in [2.75, 3.05) is 0 Å². The minimum Gasteiger partial charge on any atom is -0.271 e. The van der Waals surface area contributed by atoms with Crippen molar-refractivity contribution >= 4 is 5.70 Å². The van der Waals surface area contributed by atoms with Gasteiger partial charge in [-0.05, 0) is 23.3 Å². The molecule has 0 aliphatic heterocycles. The van der Waals surface area contributed by atoms with Crippen LogP contribution in [0, 0.1) is 11.3 Å². The molecule has 0 radical (unpaired) electrons. The fourth-order valence-electron chi connectivity index (χ4n) is 1.58. The standard InChI is InChI=1S/C16H14N2O/c1-13(16-5-3-2-4-6-16)18-19-12-15-9-7-14(11-17)8-10-15/h2-10,18H,1,12H2. The van der Waals surface area contributed by atoms with Crippen molar-refractivity contribution in [2.45, 2.75) is 6.61 Å². The predicted molar refractivity (Wildman–Crippen MR) is 74.6 cm³/mol. The first-order valence-electron chi connectivity index (χ1n) is 5.91. The summed E-state index contributed by atoms with van der Waals surface area (Å²) in [6.07, 6.45) is 0. The van der Waals surface area contributed by atoms with Crippen molar-refractivity contribution in [3.63, 3.8) is 0 Å². The van der Waals surface area contributed by atoms with Crippen molar-refractivity contribution in [3.8, 4) is 6.07 Å². The van der Waals surface area contributed by atoms with Crippen molar-refractivity contribution in [1.29, 1.82) is 5.26 Å². The number of benzene rings is 2. The monoisotopic (exact) mass is 250 g/mol. The van der Waals surface area contributed by atoms with Crippen LogP contribution in [0.25, 0.3) is 5.70 Å². The maximum absolute atomic E-state index is 8.70. The third kappa shape index (κ3) is 3.70. The zero-order valence-electron chi connectivity index (χ0n) is 10.5. The lowest BCUT2D eigenvalue weighted by Gasteiger charge is -2.09. The lowest BCUT2D eigenvalue weighted by atomic mass is 10.2. The molecular formula is C16H14N2O. The minimum absolute atomic E-state index is 0.414. The molecule has 19 heavy (non-hydrogen) atoms. The number of hydrogen-bond donors (Lipinski definition) is 1. The maximum Gasteiger partial charge on any atom is 0.0996 e. The molecule has 0 saturated carbocycles. The predicted octanol–water partition coefficient (Wildman–Crippen LogP) is 3.25. The van der Waals surface area contributed by atoms with Gasteiger partial charge in [0.05, 0.1) is 23.9 Å². The van der Waals surface area contributed by atoms with E-state index in [0.717, 1.165) is 11.1 Å². The Morgan fingerprint density at radius 1 is 1.11 bits per heavy atom. The summed E-state index contributed by atoms with van der Waals surface area (Å²) >= 11 is 0. The molecule has 0 unspecified atom stereocenters. The number of nitrogens with one attached hydrogen (secondary N) is 1. The van der Waals surface area contributed by atoms with Crippen LogP contribution >= 0.6 is 0 Å². The largest absolute Gasteiger partial charge is 0.271 e. The number of hydroxylamine groups is 1. The molecular weight excluding hydrogens is 236 g/mol. The Morgan fingerprint density at radius 2 is 1.79 bits per heavy atom. The fourth-order valence-corrected chi connectivity index (χ4v) is 1.58. The van der Waals surface area contributed by atoms with Crippen LogP contribution in [0.2, 0.25) is 0 Å². The van der Waals surface area contributed by atoms with Gasteiger partial charge in [0.15, 0.2) is 0 Å². The fraction of sp³-hybridized carbons (Fsp3) is 0.0625. The molecule has 0 bridgehead atoms. The van der Waals surface area contributed by atoms with Gasteiger partial charge >= 0.3 is 0 Å². The van der Waals surface area contributed by atoms with E-state index in [4.69, 9.17) is 10.1 Å². The summed E-state index contributed by atoms with van der Waals surface area (Å²) in [4.78, 5) is 5.38. The Kier molecular flexibility index (Phi) is 4.33. The van der Waals surface area contributed by atoms with Crippen molar-refractivity contribution < 1.29 is 4.84 Å². The van der Waals surface area contributed by atoms with Gasteiger partial charge in [-0.25, -0.2) is 0 Å². The maximum atomic E-state index is 8.70. The molecule has 0 atom stereocenters. The quantitative estimate of drug-likeness (QED) is 0.828. The average molecular weight is 250 g/mol. The van der Waals surface area contributed by atoms with E-state index in [0.29, 0.717) is 17.9 Å². The zero-order chi connectivity index (χ0) is 13.5. The van der Waals surface area contributed by atoms with E-state index in [1.165, 1.54) is 0 Å². The molecule has 0 saturated heterocycles. The van der Waals surface area contributed by atoms with Crippen molar-refractivity contribution in [2.24, 2.45) is 0 Å². The van der Waals surface area contributed by atoms with Gasteiger partial charge in [-0.15, -0.1) is 0 Å². The lowest BCUT2D eigenvalue weighted by molar-refractivity contribution is 0.0648. The lowest BCUT2D eigenvalue weighted by Crippen LogP contribution is -2.12. The van der Waals surface area contributed by atoms with Crippen molar-refractivity contribution in [1.82, 2.24) is 5.48 Å². The van der Waals surface area contributed by atoms with E-state index in [9.17, 15) is 0 Å². The molecule has 1 N–H and O–H groups in total. The Hall–Kier alpha value is -2.57. The number of rotatable bonds is 5. The minimum atomic E-state index is 0.414. The number of hydrogen-bond acceptors (Lipinski definition) is 3. The third-order valence-electron chi connectivity index (χ3n) is 2.64. The summed E-state index contributed by atoms with van der Waals surface area (Å²) in [5, 5.41) is 8.70. The van der Waals surface area contributed by atoms with Gasteiger partial charge in [-0.3, -0.25) is 10.3 Å². The van der Waals surface area contributed by atoms with Gasteiger partial charge in [-0.1, -0.05) is 49.0 Å². The highest BCUT2D eigenvalue weighted by atomic mass is 16.6. The van der Waals surface area contributed by atoms with Gasteiger partial charge in [0.1, 0.15) is 0 Å². The van der Waals surface area contributed by atoms with Crippen LogP contribution in [-0.2, 0) is 11.4 Å². The molecule has 0 spiro atoms. The van der Waals surface area contributed by atoms with Gasteiger partial charge in [0, 0.05) is 0 Å². The van der Waals surface area contributed by atoms with Crippen LogP contribution in [0.15, 0.2) is 61.2 Å². The molecule has 2 aromatic carbocycles. The van der Waals surface area contributed by atoms with Gasteiger partial charge in [-0.2, -0.15) is 5.26 Å². The summed E-state index contributed by atoms with van der Waals surface area (Å²) in [6.45, 7) is 4.32. The molecule has 2 aromatic rings. The topological polar surface area (TPSA) is 45.0 Å². The molecule has 2 rings (SSSR count). The van der Waals surface area contributed by atoms with Crippen LogP contribution in [0.4, 0.5) is 0 Å². The SMILES string of the molecule is C=C(NOCc1ccc(C#N)cc1)c1ccccc1. The molecule has 0 aliphatic carbocycles. The van der Waals surface area contributed by atoms with Crippen LogP contribution in [0.3, 0.4) is 0 Å². The highest BCUT2D eigenvalue weighted by Gasteiger charge is 1.98.